The van der Waals surface area contributed by atoms with Gasteiger partial charge < -0.3 is 19.5 Å². The molecular weight excluding hydrogens is 452 g/mol. The van der Waals surface area contributed by atoms with Crippen LogP contribution in [0.5, 0.6) is 11.5 Å². The summed E-state index contributed by atoms with van der Waals surface area (Å²) in [7, 11) is 0. The molecule has 0 saturated carbocycles. The Hall–Kier alpha value is -3.10. The Bertz CT molecular complexity index is 1180. The zero-order valence-electron chi connectivity index (χ0n) is 17.6. The number of anilines is 1. The Morgan fingerprint density at radius 3 is 2.84 bits per heavy atom. The molecule has 9 heteroatoms. The minimum Gasteiger partial charge on any atom is -0.486 e. The second kappa shape index (κ2) is 9.58. The van der Waals surface area contributed by atoms with Gasteiger partial charge in [0.1, 0.15) is 24.8 Å². The Morgan fingerprint density at radius 1 is 1.19 bits per heavy atom. The van der Waals surface area contributed by atoms with Gasteiger partial charge in [-0.2, -0.15) is 0 Å². The number of aryl methyl sites for hydroxylation is 2. The van der Waals surface area contributed by atoms with E-state index < -0.39 is 5.97 Å². The summed E-state index contributed by atoms with van der Waals surface area (Å²) in [5.41, 5.74) is 3.70. The third kappa shape index (κ3) is 5.20. The van der Waals surface area contributed by atoms with Crippen molar-refractivity contribution in [2.75, 3.05) is 18.5 Å². The lowest BCUT2D eigenvalue weighted by Gasteiger charge is -2.19. The maximum absolute atomic E-state index is 12.4. The van der Waals surface area contributed by atoms with Gasteiger partial charge in [-0.15, -0.1) is 11.3 Å². The monoisotopic (exact) mass is 472 g/mol. The lowest BCUT2D eigenvalue weighted by Crippen LogP contribution is -2.16. The number of thiazole rings is 1. The first-order chi connectivity index (χ1) is 15.4. The number of aromatic nitrogens is 1. The molecule has 2 aromatic carbocycles. The molecule has 4 rings (SSSR count). The van der Waals surface area contributed by atoms with Crippen LogP contribution in [0.25, 0.3) is 0 Å². The molecule has 1 aliphatic rings. The van der Waals surface area contributed by atoms with Crippen LogP contribution in [0.15, 0.2) is 35.7 Å². The Kier molecular flexibility index (Phi) is 6.62. The van der Waals surface area contributed by atoms with Crippen LogP contribution in [0.3, 0.4) is 0 Å². The standard InChI is InChI=1S/C23H21ClN2O5S/c1-13-3-4-14(2)18(7-13)26-20(27)10-21-25-16(12-32-21)11-31-23(28)15-8-17(24)22-19(9-15)29-5-6-30-22/h3-4,7-9,12H,5-6,10-11H2,1-2H3,(H,26,27). The molecule has 3 aromatic rings. The molecule has 0 spiro atoms. The molecule has 0 unspecified atom stereocenters. The molecular formula is C23H21ClN2O5S. The van der Waals surface area contributed by atoms with Gasteiger partial charge >= 0.3 is 5.97 Å². The molecule has 0 saturated heterocycles. The SMILES string of the molecule is Cc1ccc(C)c(NC(=O)Cc2nc(COC(=O)c3cc(Cl)c4c(c3)OCCO4)cs2)c1. The maximum Gasteiger partial charge on any atom is 0.338 e. The highest BCUT2D eigenvalue weighted by atomic mass is 35.5. The summed E-state index contributed by atoms with van der Waals surface area (Å²) in [5, 5.41) is 5.62. The number of rotatable bonds is 6. The number of carbonyl (C=O) groups excluding carboxylic acids is 2. The van der Waals surface area contributed by atoms with Crippen LogP contribution < -0.4 is 14.8 Å². The molecule has 0 fully saturated rings. The van der Waals surface area contributed by atoms with E-state index >= 15 is 0 Å². The Labute approximate surface area is 194 Å². The third-order valence-electron chi connectivity index (χ3n) is 4.76. The van der Waals surface area contributed by atoms with Gasteiger partial charge in [0.15, 0.2) is 11.5 Å². The number of fused-ring (bicyclic) bond motifs is 1. The van der Waals surface area contributed by atoms with Gasteiger partial charge in [0.2, 0.25) is 5.91 Å². The average molecular weight is 473 g/mol. The molecule has 1 N–H and O–H groups in total. The molecule has 0 radical (unpaired) electrons. The Balaban J connectivity index is 1.33. The lowest BCUT2D eigenvalue weighted by molar-refractivity contribution is -0.115. The van der Waals surface area contributed by atoms with Gasteiger partial charge in [-0.3, -0.25) is 4.79 Å². The van der Waals surface area contributed by atoms with Gasteiger partial charge in [0.25, 0.3) is 0 Å². The van der Waals surface area contributed by atoms with E-state index in [0.29, 0.717) is 40.4 Å². The summed E-state index contributed by atoms with van der Waals surface area (Å²) in [6, 6.07) is 8.94. The van der Waals surface area contributed by atoms with E-state index in [4.69, 9.17) is 25.8 Å². The first-order valence-electron chi connectivity index (χ1n) is 9.95. The molecule has 1 amide bonds. The van der Waals surface area contributed by atoms with Crippen molar-refractivity contribution in [2.24, 2.45) is 0 Å². The smallest absolute Gasteiger partial charge is 0.338 e. The Morgan fingerprint density at radius 2 is 2.00 bits per heavy atom. The molecule has 166 valence electrons. The van der Waals surface area contributed by atoms with Crippen molar-refractivity contribution in [3.8, 4) is 11.5 Å². The number of carbonyl (C=O) groups is 2. The number of hydrogen-bond acceptors (Lipinski definition) is 7. The van der Waals surface area contributed by atoms with Crippen LogP contribution in [0.2, 0.25) is 5.02 Å². The fraction of sp³-hybridized carbons (Fsp3) is 0.261. The number of nitrogens with zero attached hydrogens (tertiary/aromatic N) is 1. The average Bonchev–Trinajstić information content (AvgIpc) is 3.21. The third-order valence-corrected chi connectivity index (χ3v) is 5.94. The van der Waals surface area contributed by atoms with Crippen molar-refractivity contribution < 1.29 is 23.8 Å². The zero-order chi connectivity index (χ0) is 22.7. The normalized spacial score (nSPS) is 12.3. The topological polar surface area (TPSA) is 86.8 Å². The number of halogens is 1. The lowest BCUT2D eigenvalue weighted by atomic mass is 10.1. The minimum atomic E-state index is -0.550. The van der Waals surface area contributed by atoms with E-state index in [1.165, 1.54) is 17.4 Å². The molecule has 32 heavy (non-hydrogen) atoms. The number of nitrogens with one attached hydrogen (secondary N) is 1. The van der Waals surface area contributed by atoms with Crippen molar-refractivity contribution in [1.82, 2.24) is 4.98 Å². The number of hydrogen-bond donors (Lipinski definition) is 1. The van der Waals surface area contributed by atoms with Crippen molar-refractivity contribution in [3.63, 3.8) is 0 Å². The van der Waals surface area contributed by atoms with Crippen LogP contribution in [0.4, 0.5) is 5.69 Å². The van der Waals surface area contributed by atoms with E-state index in [1.807, 2.05) is 32.0 Å². The van der Waals surface area contributed by atoms with Crippen molar-refractivity contribution >= 4 is 40.5 Å². The predicted molar refractivity (Wildman–Crippen MR) is 122 cm³/mol. The van der Waals surface area contributed by atoms with E-state index in [1.54, 1.807) is 11.4 Å². The highest BCUT2D eigenvalue weighted by Gasteiger charge is 2.20. The number of amides is 1. The largest absolute Gasteiger partial charge is 0.486 e. The quantitative estimate of drug-likeness (QED) is 0.522. The number of ether oxygens (including phenoxy) is 3. The predicted octanol–water partition coefficient (Wildman–Crippen LogP) is 4.72. The van der Waals surface area contributed by atoms with Gasteiger partial charge in [-0.05, 0) is 43.2 Å². The highest BCUT2D eigenvalue weighted by Crippen LogP contribution is 2.38. The van der Waals surface area contributed by atoms with Crippen LogP contribution in [-0.2, 0) is 22.6 Å². The first-order valence-corrected chi connectivity index (χ1v) is 11.2. The summed E-state index contributed by atoms with van der Waals surface area (Å²) < 4.78 is 16.3. The van der Waals surface area contributed by atoms with E-state index in [-0.39, 0.29) is 24.5 Å². The summed E-state index contributed by atoms with van der Waals surface area (Å²) >= 11 is 7.52. The van der Waals surface area contributed by atoms with Gasteiger partial charge in [0, 0.05) is 11.1 Å². The van der Waals surface area contributed by atoms with Crippen LogP contribution in [0, 0.1) is 13.8 Å². The molecule has 1 aromatic heterocycles. The summed E-state index contributed by atoms with van der Waals surface area (Å²) in [5.74, 6) is 0.146. The highest BCUT2D eigenvalue weighted by molar-refractivity contribution is 7.09. The zero-order valence-corrected chi connectivity index (χ0v) is 19.1. The van der Waals surface area contributed by atoms with Crippen LogP contribution in [-0.4, -0.2) is 30.1 Å². The van der Waals surface area contributed by atoms with E-state index in [2.05, 4.69) is 10.3 Å². The van der Waals surface area contributed by atoms with E-state index in [0.717, 1.165) is 16.8 Å². The van der Waals surface area contributed by atoms with Crippen molar-refractivity contribution in [1.29, 1.82) is 0 Å². The molecule has 0 atom stereocenters. The van der Waals surface area contributed by atoms with Crippen LogP contribution >= 0.6 is 22.9 Å². The fourth-order valence-corrected chi connectivity index (χ4v) is 4.19. The van der Waals surface area contributed by atoms with E-state index in [9.17, 15) is 9.59 Å². The molecule has 0 bridgehead atoms. The number of esters is 1. The second-order valence-electron chi connectivity index (χ2n) is 7.33. The molecule has 2 heterocycles. The van der Waals surface area contributed by atoms with Gasteiger partial charge in [-0.1, -0.05) is 23.7 Å². The molecule has 0 aliphatic carbocycles. The summed E-state index contributed by atoms with van der Waals surface area (Å²) in [6.45, 7) is 4.70. The number of benzene rings is 2. The van der Waals surface area contributed by atoms with Crippen LogP contribution in [0.1, 0.15) is 32.2 Å². The van der Waals surface area contributed by atoms with Crippen molar-refractivity contribution in [3.05, 3.63) is 68.1 Å². The summed E-state index contributed by atoms with van der Waals surface area (Å²) in [4.78, 5) is 29.2. The molecule has 1 aliphatic heterocycles. The van der Waals surface area contributed by atoms with Gasteiger partial charge in [-0.25, -0.2) is 9.78 Å². The first kappa shape index (κ1) is 22.1. The van der Waals surface area contributed by atoms with Crippen molar-refractivity contribution in [2.45, 2.75) is 26.9 Å². The fourth-order valence-electron chi connectivity index (χ4n) is 3.15. The maximum atomic E-state index is 12.4. The second-order valence-corrected chi connectivity index (χ2v) is 8.68. The molecule has 7 nitrogen and oxygen atoms in total. The minimum absolute atomic E-state index is 0.0139. The van der Waals surface area contributed by atoms with Gasteiger partial charge in [0.05, 0.1) is 22.7 Å². The summed E-state index contributed by atoms with van der Waals surface area (Å²) in [6.07, 6.45) is 0.143.